The molecule has 2 atom stereocenters. The summed E-state index contributed by atoms with van der Waals surface area (Å²) in [7, 11) is -3.21. The van der Waals surface area contributed by atoms with E-state index < -0.39 is 10.0 Å². The Morgan fingerprint density at radius 1 is 1.42 bits per heavy atom. The maximum absolute atomic E-state index is 12.0. The van der Waals surface area contributed by atoms with Crippen LogP contribution >= 0.6 is 12.4 Å². The Bertz CT molecular complexity index is 363. The van der Waals surface area contributed by atoms with Crippen LogP contribution in [0.4, 0.5) is 0 Å². The highest BCUT2D eigenvalue weighted by Crippen LogP contribution is 2.24. The molecule has 0 aromatic carbocycles. The van der Waals surface area contributed by atoms with Gasteiger partial charge in [-0.25, -0.2) is 13.1 Å². The van der Waals surface area contributed by atoms with Crippen molar-refractivity contribution in [2.75, 3.05) is 32.0 Å². The first-order chi connectivity index (χ1) is 8.49. The summed E-state index contributed by atoms with van der Waals surface area (Å²) in [6.07, 6.45) is 3.91. The number of halogens is 1. The number of nitrogens with one attached hydrogen (secondary N) is 2. The van der Waals surface area contributed by atoms with Gasteiger partial charge in [-0.2, -0.15) is 0 Å². The van der Waals surface area contributed by atoms with Gasteiger partial charge in [0.2, 0.25) is 10.0 Å². The molecule has 2 N–H and O–H groups in total. The fourth-order valence-electron chi connectivity index (χ4n) is 2.63. The Labute approximate surface area is 122 Å². The minimum atomic E-state index is -3.21. The molecule has 2 fully saturated rings. The second-order valence-corrected chi connectivity index (χ2v) is 7.68. The summed E-state index contributed by atoms with van der Waals surface area (Å²) < 4.78 is 32.0. The van der Waals surface area contributed by atoms with Crippen molar-refractivity contribution < 1.29 is 13.2 Å². The molecule has 0 spiro atoms. The van der Waals surface area contributed by atoms with Crippen molar-refractivity contribution in [2.45, 2.75) is 38.7 Å². The lowest BCUT2D eigenvalue weighted by atomic mass is 9.83. The molecular weight excluding hydrogens is 288 g/mol. The van der Waals surface area contributed by atoms with Gasteiger partial charge in [-0.3, -0.25) is 0 Å². The van der Waals surface area contributed by atoms with Crippen molar-refractivity contribution in [3.63, 3.8) is 0 Å². The molecule has 0 aromatic rings. The third-order valence-electron chi connectivity index (χ3n) is 3.83. The van der Waals surface area contributed by atoms with Gasteiger partial charge in [-0.05, 0) is 37.6 Å². The zero-order chi connectivity index (χ0) is 13.1. The second kappa shape index (κ2) is 7.22. The Morgan fingerprint density at radius 3 is 2.79 bits per heavy atom. The van der Waals surface area contributed by atoms with E-state index in [0.29, 0.717) is 13.2 Å². The summed E-state index contributed by atoms with van der Waals surface area (Å²) in [6.45, 7) is 5.28. The molecule has 2 unspecified atom stereocenters. The Morgan fingerprint density at radius 2 is 2.21 bits per heavy atom. The van der Waals surface area contributed by atoms with Crippen LogP contribution in [0, 0.1) is 5.41 Å². The van der Waals surface area contributed by atoms with Gasteiger partial charge in [0.05, 0.1) is 11.9 Å². The summed E-state index contributed by atoms with van der Waals surface area (Å²) in [4.78, 5) is 0. The van der Waals surface area contributed by atoms with Crippen molar-refractivity contribution in [1.82, 2.24) is 10.0 Å². The summed E-state index contributed by atoms with van der Waals surface area (Å²) in [5, 5.41) is 3.33. The first-order valence-corrected chi connectivity index (χ1v) is 8.44. The van der Waals surface area contributed by atoms with E-state index in [1.165, 1.54) is 0 Å². The molecule has 0 saturated carbocycles. The van der Waals surface area contributed by atoms with E-state index >= 15 is 0 Å². The lowest BCUT2D eigenvalue weighted by molar-refractivity contribution is 0.127. The van der Waals surface area contributed by atoms with Crippen molar-refractivity contribution in [3.05, 3.63) is 0 Å². The predicted octanol–water partition coefficient (Wildman–Crippen LogP) is 0.896. The number of hydrogen-bond acceptors (Lipinski definition) is 4. The fourth-order valence-corrected chi connectivity index (χ4v) is 4.07. The lowest BCUT2D eigenvalue weighted by Crippen LogP contribution is -2.46. The van der Waals surface area contributed by atoms with Crippen molar-refractivity contribution in [3.8, 4) is 0 Å². The van der Waals surface area contributed by atoms with Crippen molar-refractivity contribution in [1.29, 1.82) is 0 Å². The highest BCUT2D eigenvalue weighted by Gasteiger charge is 2.29. The molecule has 2 heterocycles. The lowest BCUT2D eigenvalue weighted by Gasteiger charge is -2.34. The monoisotopic (exact) mass is 312 g/mol. The molecule has 7 heteroatoms. The van der Waals surface area contributed by atoms with Gasteiger partial charge in [-0.15, -0.1) is 12.4 Å². The molecule has 2 saturated heterocycles. The highest BCUT2D eigenvalue weighted by molar-refractivity contribution is 7.89. The maximum atomic E-state index is 12.0. The molecule has 2 rings (SSSR count). The van der Waals surface area contributed by atoms with Gasteiger partial charge >= 0.3 is 0 Å². The molecule has 0 radical (unpaired) electrons. The molecule has 114 valence electrons. The standard InChI is InChI=1S/C12H24N2O3S.ClH/c1-12(5-3-6-13-9-12)10-14-18(15,16)8-11-4-2-7-17-11;/h11,13-14H,2-10H2,1H3;1H. The quantitative estimate of drug-likeness (QED) is 0.791. The fraction of sp³-hybridized carbons (Fsp3) is 1.00. The number of rotatable bonds is 5. The van der Waals surface area contributed by atoms with Crippen LogP contribution in [0.1, 0.15) is 32.6 Å². The van der Waals surface area contributed by atoms with E-state index in [0.717, 1.165) is 38.8 Å². The predicted molar refractivity (Wildman–Crippen MR) is 78.2 cm³/mol. The SMILES string of the molecule is CC1(CNS(=O)(=O)CC2CCCO2)CCCNC1.Cl. The largest absolute Gasteiger partial charge is 0.377 e. The molecule has 19 heavy (non-hydrogen) atoms. The van der Waals surface area contributed by atoms with E-state index in [1.54, 1.807) is 0 Å². The second-order valence-electron chi connectivity index (χ2n) is 5.83. The van der Waals surface area contributed by atoms with E-state index in [-0.39, 0.29) is 29.7 Å². The molecule has 2 aliphatic rings. The van der Waals surface area contributed by atoms with Gasteiger partial charge in [0.1, 0.15) is 0 Å². The molecule has 0 bridgehead atoms. The van der Waals surface area contributed by atoms with Crippen molar-refractivity contribution >= 4 is 22.4 Å². The van der Waals surface area contributed by atoms with Gasteiger partial charge in [-0.1, -0.05) is 6.92 Å². The van der Waals surface area contributed by atoms with Crippen LogP contribution < -0.4 is 10.0 Å². The minimum Gasteiger partial charge on any atom is -0.377 e. The zero-order valence-electron chi connectivity index (χ0n) is 11.5. The van der Waals surface area contributed by atoms with Crippen LogP contribution in [-0.4, -0.2) is 46.5 Å². The van der Waals surface area contributed by atoms with Crippen LogP contribution in [0.3, 0.4) is 0 Å². The molecule has 2 aliphatic heterocycles. The number of hydrogen-bond donors (Lipinski definition) is 2. The minimum absolute atomic E-state index is 0. The van der Waals surface area contributed by atoms with Gasteiger partial charge in [0.25, 0.3) is 0 Å². The smallest absolute Gasteiger partial charge is 0.214 e. The van der Waals surface area contributed by atoms with Crippen LogP contribution in [0.5, 0.6) is 0 Å². The van der Waals surface area contributed by atoms with Crippen LogP contribution in [0.2, 0.25) is 0 Å². The van der Waals surface area contributed by atoms with E-state index in [4.69, 9.17) is 4.74 Å². The van der Waals surface area contributed by atoms with E-state index in [2.05, 4.69) is 17.0 Å². The molecular formula is C12H25ClN2O3S. The summed E-state index contributed by atoms with van der Waals surface area (Å²) in [6, 6.07) is 0. The van der Waals surface area contributed by atoms with Gasteiger partial charge < -0.3 is 10.1 Å². The number of piperidine rings is 1. The average Bonchev–Trinajstić information content (AvgIpc) is 2.80. The van der Waals surface area contributed by atoms with Crippen molar-refractivity contribution in [2.24, 2.45) is 5.41 Å². The zero-order valence-corrected chi connectivity index (χ0v) is 13.1. The number of ether oxygens (including phenoxy) is 1. The summed E-state index contributed by atoms with van der Waals surface area (Å²) >= 11 is 0. The first-order valence-electron chi connectivity index (χ1n) is 6.79. The van der Waals surface area contributed by atoms with Crippen LogP contribution in [-0.2, 0) is 14.8 Å². The molecule has 0 aliphatic carbocycles. The summed E-state index contributed by atoms with van der Waals surface area (Å²) in [5.74, 6) is 0.108. The third-order valence-corrected chi connectivity index (χ3v) is 5.23. The van der Waals surface area contributed by atoms with Gasteiger partial charge in [0.15, 0.2) is 0 Å². The maximum Gasteiger partial charge on any atom is 0.214 e. The Kier molecular flexibility index (Phi) is 6.53. The summed E-state index contributed by atoms with van der Waals surface area (Å²) in [5.41, 5.74) is 0.0435. The van der Waals surface area contributed by atoms with E-state index in [1.807, 2.05) is 0 Å². The topological polar surface area (TPSA) is 67.4 Å². The number of sulfonamides is 1. The van der Waals surface area contributed by atoms with Crippen LogP contribution in [0.15, 0.2) is 0 Å². The Hall–Kier alpha value is 0.120. The molecule has 0 aromatic heterocycles. The highest BCUT2D eigenvalue weighted by atomic mass is 35.5. The normalized spacial score (nSPS) is 31.9. The Balaban J connectivity index is 0.00000180. The average molecular weight is 313 g/mol. The molecule has 5 nitrogen and oxygen atoms in total. The van der Waals surface area contributed by atoms with Gasteiger partial charge in [0, 0.05) is 19.7 Å². The van der Waals surface area contributed by atoms with Crippen LogP contribution in [0.25, 0.3) is 0 Å². The third kappa shape index (κ3) is 5.55. The first kappa shape index (κ1) is 17.2. The molecule has 0 amide bonds. The van der Waals surface area contributed by atoms with E-state index in [9.17, 15) is 8.42 Å².